The molecule has 22 heavy (non-hydrogen) atoms. The molecule has 5 nitrogen and oxygen atoms in total. The zero-order valence-electron chi connectivity index (χ0n) is 12.2. The smallest absolute Gasteiger partial charge is 0.257 e. The summed E-state index contributed by atoms with van der Waals surface area (Å²) in [5, 5.41) is 20.1. The number of aliphatic hydroxyl groups excluding tert-OH is 1. The second-order valence-corrected chi connectivity index (χ2v) is 5.58. The van der Waals surface area contributed by atoms with Crippen LogP contribution in [0.3, 0.4) is 0 Å². The first-order chi connectivity index (χ1) is 10.7. The van der Waals surface area contributed by atoms with Crippen LogP contribution in [0.1, 0.15) is 41.5 Å². The highest BCUT2D eigenvalue weighted by atomic mass is 16.4. The molecule has 0 aliphatic carbocycles. The van der Waals surface area contributed by atoms with Crippen molar-refractivity contribution in [2.24, 2.45) is 0 Å². The average molecular weight is 301 g/mol. The molecule has 5 heteroatoms. The van der Waals surface area contributed by atoms with Crippen LogP contribution in [0, 0.1) is 0 Å². The minimum atomic E-state index is -0.724. The third-order valence-corrected chi connectivity index (χ3v) is 4.14. The van der Waals surface area contributed by atoms with Gasteiger partial charge in [-0.1, -0.05) is 12.1 Å². The molecule has 2 aromatic rings. The summed E-state index contributed by atoms with van der Waals surface area (Å²) in [4.78, 5) is 14.3. The molecule has 116 valence electrons. The van der Waals surface area contributed by atoms with Gasteiger partial charge in [0.1, 0.15) is 17.6 Å². The summed E-state index contributed by atoms with van der Waals surface area (Å²) in [5.41, 5.74) is 0.307. The van der Waals surface area contributed by atoms with Crippen molar-refractivity contribution in [3.8, 4) is 5.75 Å². The fourth-order valence-electron chi connectivity index (χ4n) is 3.01. The molecule has 2 atom stereocenters. The van der Waals surface area contributed by atoms with Crippen LogP contribution in [0.15, 0.2) is 47.1 Å². The molecule has 0 radical (unpaired) electrons. The largest absolute Gasteiger partial charge is 0.507 e. The predicted octanol–water partition coefficient (Wildman–Crippen LogP) is 2.71. The maximum atomic E-state index is 12.6. The maximum Gasteiger partial charge on any atom is 0.257 e. The van der Waals surface area contributed by atoms with Crippen LogP contribution >= 0.6 is 0 Å². The Morgan fingerprint density at radius 3 is 2.86 bits per heavy atom. The Hall–Kier alpha value is -2.27. The van der Waals surface area contributed by atoms with E-state index in [0.717, 1.165) is 12.8 Å². The van der Waals surface area contributed by atoms with E-state index in [1.807, 2.05) is 0 Å². The lowest BCUT2D eigenvalue weighted by Crippen LogP contribution is -2.36. The number of phenolic OH excluding ortho intramolecular Hbond substituents is 1. The van der Waals surface area contributed by atoms with E-state index in [1.165, 1.54) is 12.3 Å². The first kappa shape index (κ1) is 14.7. The van der Waals surface area contributed by atoms with Gasteiger partial charge in [-0.2, -0.15) is 0 Å². The van der Waals surface area contributed by atoms with Gasteiger partial charge in [0, 0.05) is 19.0 Å². The Kier molecular flexibility index (Phi) is 4.15. The summed E-state index contributed by atoms with van der Waals surface area (Å²) in [6.45, 7) is 0.642. The third-order valence-electron chi connectivity index (χ3n) is 4.14. The van der Waals surface area contributed by atoms with E-state index in [0.29, 0.717) is 24.3 Å². The number of hydrogen-bond acceptors (Lipinski definition) is 4. The zero-order chi connectivity index (χ0) is 15.5. The molecular weight excluding hydrogens is 282 g/mol. The number of nitrogens with zero attached hydrogens (tertiary/aromatic N) is 1. The number of aliphatic hydroxyl groups is 1. The second-order valence-electron chi connectivity index (χ2n) is 5.58. The Morgan fingerprint density at radius 1 is 1.32 bits per heavy atom. The predicted molar refractivity (Wildman–Crippen MR) is 80.5 cm³/mol. The number of carbonyl (C=O) groups excluding carboxylic acids is 1. The molecule has 1 amide bonds. The van der Waals surface area contributed by atoms with E-state index in [4.69, 9.17) is 4.42 Å². The number of carbonyl (C=O) groups is 1. The van der Waals surface area contributed by atoms with Gasteiger partial charge in [0.05, 0.1) is 11.8 Å². The van der Waals surface area contributed by atoms with Crippen LogP contribution in [0.2, 0.25) is 0 Å². The standard InChI is InChI=1S/C17H19NO4/c19-14-7-2-1-6-13(14)17(21)18-9-3-5-12(18)11-15(20)16-8-4-10-22-16/h1-2,4,6-8,10,12,15,19-20H,3,5,9,11H2/t12-,15-/m0/s1. The van der Waals surface area contributed by atoms with Crippen molar-refractivity contribution in [2.45, 2.75) is 31.4 Å². The number of amides is 1. The molecule has 1 aromatic carbocycles. The van der Waals surface area contributed by atoms with Crippen molar-refractivity contribution in [2.75, 3.05) is 6.54 Å². The van der Waals surface area contributed by atoms with Crippen LogP contribution in [0.4, 0.5) is 0 Å². The van der Waals surface area contributed by atoms with E-state index >= 15 is 0 Å². The van der Waals surface area contributed by atoms with Crippen molar-refractivity contribution in [1.82, 2.24) is 4.90 Å². The van der Waals surface area contributed by atoms with Crippen molar-refractivity contribution >= 4 is 5.91 Å². The molecule has 1 aromatic heterocycles. The topological polar surface area (TPSA) is 73.9 Å². The minimum absolute atomic E-state index is 0.00951. The first-order valence-electron chi connectivity index (χ1n) is 7.47. The number of likely N-dealkylation sites (tertiary alicyclic amines) is 1. The van der Waals surface area contributed by atoms with Gasteiger partial charge in [-0.25, -0.2) is 0 Å². The van der Waals surface area contributed by atoms with Crippen LogP contribution in [0.5, 0.6) is 5.75 Å². The molecule has 1 fully saturated rings. The quantitative estimate of drug-likeness (QED) is 0.910. The fraction of sp³-hybridized carbons (Fsp3) is 0.353. The maximum absolute atomic E-state index is 12.6. The van der Waals surface area contributed by atoms with E-state index in [1.54, 1.807) is 35.2 Å². The van der Waals surface area contributed by atoms with Crippen LogP contribution in [-0.2, 0) is 0 Å². The number of furan rings is 1. The van der Waals surface area contributed by atoms with E-state index < -0.39 is 6.10 Å². The lowest BCUT2D eigenvalue weighted by Gasteiger charge is -2.26. The average Bonchev–Trinajstić information content (AvgIpc) is 3.18. The van der Waals surface area contributed by atoms with Crippen LogP contribution < -0.4 is 0 Å². The number of benzene rings is 1. The lowest BCUT2D eigenvalue weighted by molar-refractivity contribution is 0.0639. The number of hydrogen-bond donors (Lipinski definition) is 2. The summed E-state index contributed by atoms with van der Waals surface area (Å²) in [6.07, 6.45) is 2.98. The first-order valence-corrected chi connectivity index (χ1v) is 7.47. The molecule has 0 saturated carbocycles. The molecule has 1 aliphatic rings. The Balaban J connectivity index is 1.73. The van der Waals surface area contributed by atoms with Crippen molar-refractivity contribution in [1.29, 1.82) is 0 Å². The molecular formula is C17H19NO4. The van der Waals surface area contributed by atoms with E-state index in [-0.39, 0.29) is 17.7 Å². The molecule has 3 rings (SSSR count). The van der Waals surface area contributed by atoms with Gasteiger partial charge in [-0.05, 0) is 37.1 Å². The van der Waals surface area contributed by atoms with Crippen molar-refractivity contribution < 1.29 is 19.4 Å². The van der Waals surface area contributed by atoms with Gasteiger partial charge >= 0.3 is 0 Å². The highest BCUT2D eigenvalue weighted by Crippen LogP contribution is 2.30. The van der Waals surface area contributed by atoms with Crippen LogP contribution in [0.25, 0.3) is 0 Å². The summed E-state index contributed by atoms with van der Waals surface area (Å²) >= 11 is 0. The summed E-state index contributed by atoms with van der Waals surface area (Å²) < 4.78 is 5.21. The number of para-hydroxylation sites is 1. The van der Waals surface area contributed by atoms with Gasteiger partial charge < -0.3 is 19.5 Å². The minimum Gasteiger partial charge on any atom is -0.507 e. The summed E-state index contributed by atoms with van der Waals surface area (Å²) in [7, 11) is 0. The Morgan fingerprint density at radius 2 is 2.14 bits per heavy atom. The third kappa shape index (κ3) is 2.85. The Labute approximate surface area is 128 Å². The van der Waals surface area contributed by atoms with Gasteiger partial charge in [-0.3, -0.25) is 4.79 Å². The molecule has 2 N–H and O–H groups in total. The molecule has 1 aliphatic heterocycles. The lowest BCUT2D eigenvalue weighted by atomic mass is 10.0. The van der Waals surface area contributed by atoms with Crippen molar-refractivity contribution in [3.63, 3.8) is 0 Å². The number of phenols is 1. The van der Waals surface area contributed by atoms with Gasteiger partial charge in [-0.15, -0.1) is 0 Å². The summed E-state index contributed by atoms with van der Waals surface area (Å²) in [5.74, 6) is 0.318. The molecule has 2 heterocycles. The molecule has 0 spiro atoms. The molecule has 0 bridgehead atoms. The van der Waals surface area contributed by atoms with E-state index in [2.05, 4.69) is 0 Å². The highest BCUT2D eigenvalue weighted by Gasteiger charge is 2.32. The van der Waals surface area contributed by atoms with Crippen LogP contribution in [-0.4, -0.2) is 33.6 Å². The fourth-order valence-corrected chi connectivity index (χ4v) is 3.01. The number of aromatic hydroxyl groups is 1. The normalized spacial score (nSPS) is 19.3. The van der Waals surface area contributed by atoms with Gasteiger partial charge in [0.2, 0.25) is 0 Å². The number of rotatable bonds is 4. The van der Waals surface area contributed by atoms with Crippen molar-refractivity contribution in [3.05, 3.63) is 54.0 Å². The van der Waals surface area contributed by atoms with Gasteiger partial charge in [0.15, 0.2) is 0 Å². The summed E-state index contributed by atoms with van der Waals surface area (Å²) in [6, 6.07) is 9.97. The Bertz CT molecular complexity index is 638. The monoisotopic (exact) mass is 301 g/mol. The molecule has 0 unspecified atom stereocenters. The molecule has 1 saturated heterocycles. The second kappa shape index (κ2) is 6.23. The zero-order valence-corrected chi connectivity index (χ0v) is 12.2. The van der Waals surface area contributed by atoms with Gasteiger partial charge in [0.25, 0.3) is 5.91 Å². The highest BCUT2D eigenvalue weighted by molar-refractivity contribution is 5.97. The van der Waals surface area contributed by atoms with E-state index in [9.17, 15) is 15.0 Å². The SMILES string of the molecule is O=C(c1ccccc1O)N1CCC[C@H]1C[C@H](O)c1ccco1.